The second-order valence-electron chi connectivity index (χ2n) is 7.30. The molecule has 18 heavy (non-hydrogen) atoms. The standard InChI is InChI=1S/C17H34O/c1-8-11-14(9-2)12-15(18)17(7,10-3)13-16(4,5)6/h8,14-15,18H,1,9-13H2,2-7H3. The molecular weight excluding hydrogens is 220 g/mol. The molecule has 1 heteroatoms. The van der Waals surface area contributed by atoms with Crippen LogP contribution >= 0.6 is 0 Å². The highest BCUT2D eigenvalue weighted by Crippen LogP contribution is 2.41. The molecule has 0 aliphatic carbocycles. The fourth-order valence-corrected chi connectivity index (χ4v) is 2.96. The fraction of sp³-hybridized carbons (Fsp3) is 0.882. The summed E-state index contributed by atoms with van der Waals surface area (Å²) in [5, 5.41) is 10.6. The number of rotatable bonds is 8. The predicted molar refractivity (Wildman–Crippen MR) is 81.7 cm³/mol. The number of allylic oxidation sites excluding steroid dienone is 1. The molecular formula is C17H34O. The van der Waals surface area contributed by atoms with Gasteiger partial charge in [0.2, 0.25) is 0 Å². The van der Waals surface area contributed by atoms with E-state index in [0.29, 0.717) is 5.92 Å². The van der Waals surface area contributed by atoms with Gasteiger partial charge >= 0.3 is 0 Å². The van der Waals surface area contributed by atoms with Crippen molar-refractivity contribution in [2.45, 2.75) is 79.8 Å². The lowest BCUT2D eigenvalue weighted by Gasteiger charge is -2.40. The first-order valence-corrected chi connectivity index (χ1v) is 7.47. The number of aliphatic hydroxyl groups excluding tert-OH is 1. The largest absolute Gasteiger partial charge is 0.393 e. The molecule has 1 nitrogen and oxygen atoms in total. The highest BCUT2D eigenvalue weighted by Gasteiger charge is 2.35. The molecule has 0 aromatic heterocycles. The lowest BCUT2D eigenvalue weighted by atomic mass is 9.68. The normalized spacial score (nSPS) is 19.1. The van der Waals surface area contributed by atoms with E-state index in [1.165, 1.54) is 0 Å². The second-order valence-corrected chi connectivity index (χ2v) is 7.30. The summed E-state index contributed by atoms with van der Waals surface area (Å²) in [6.45, 7) is 17.2. The van der Waals surface area contributed by atoms with E-state index in [1.54, 1.807) is 0 Å². The zero-order valence-corrected chi connectivity index (χ0v) is 13.4. The monoisotopic (exact) mass is 254 g/mol. The van der Waals surface area contributed by atoms with Crippen LogP contribution in [0.1, 0.15) is 73.6 Å². The number of aliphatic hydroxyl groups is 1. The maximum Gasteiger partial charge on any atom is 0.0596 e. The molecule has 0 aromatic carbocycles. The topological polar surface area (TPSA) is 20.2 Å². The molecule has 0 radical (unpaired) electrons. The quantitative estimate of drug-likeness (QED) is 0.591. The van der Waals surface area contributed by atoms with E-state index in [4.69, 9.17) is 0 Å². The number of hydrogen-bond acceptors (Lipinski definition) is 1. The Bertz CT molecular complexity index is 238. The van der Waals surface area contributed by atoms with E-state index in [-0.39, 0.29) is 16.9 Å². The lowest BCUT2D eigenvalue weighted by molar-refractivity contribution is -0.0108. The van der Waals surface area contributed by atoms with Gasteiger partial charge in [-0.1, -0.05) is 54.0 Å². The van der Waals surface area contributed by atoms with Gasteiger partial charge in [0.05, 0.1) is 6.10 Å². The maximum absolute atomic E-state index is 10.6. The SMILES string of the molecule is C=CCC(CC)CC(O)C(C)(CC)CC(C)(C)C. The van der Waals surface area contributed by atoms with Gasteiger partial charge in [-0.15, -0.1) is 6.58 Å². The van der Waals surface area contributed by atoms with Gasteiger partial charge in [0, 0.05) is 0 Å². The van der Waals surface area contributed by atoms with Crippen molar-refractivity contribution in [2.24, 2.45) is 16.7 Å². The van der Waals surface area contributed by atoms with Crippen LogP contribution in [0.4, 0.5) is 0 Å². The molecule has 0 rings (SSSR count). The van der Waals surface area contributed by atoms with Crippen LogP contribution in [-0.4, -0.2) is 11.2 Å². The minimum Gasteiger partial charge on any atom is -0.393 e. The van der Waals surface area contributed by atoms with Crippen LogP contribution in [0.3, 0.4) is 0 Å². The predicted octanol–water partition coefficient (Wildman–Crippen LogP) is 5.19. The summed E-state index contributed by atoms with van der Waals surface area (Å²) in [6.07, 6.45) is 6.93. The Morgan fingerprint density at radius 1 is 1.17 bits per heavy atom. The van der Waals surface area contributed by atoms with Gasteiger partial charge in [-0.2, -0.15) is 0 Å². The summed E-state index contributed by atoms with van der Waals surface area (Å²) >= 11 is 0. The van der Waals surface area contributed by atoms with E-state index in [1.807, 2.05) is 6.08 Å². The Balaban J connectivity index is 4.67. The average Bonchev–Trinajstić information content (AvgIpc) is 2.25. The van der Waals surface area contributed by atoms with Crippen molar-refractivity contribution in [3.05, 3.63) is 12.7 Å². The van der Waals surface area contributed by atoms with Gasteiger partial charge in [-0.25, -0.2) is 0 Å². The Morgan fingerprint density at radius 3 is 2.06 bits per heavy atom. The van der Waals surface area contributed by atoms with E-state index in [9.17, 15) is 5.11 Å². The smallest absolute Gasteiger partial charge is 0.0596 e. The molecule has 0 aliphatic rings. The summed E-state index contributed by atoms with van der Waals surface area (Å²) in [7, 11) is 0. The lowest BCUT2D eigenvalue weighted by Crippen LogP contribution is -2.36. The first-order chi connectivity index (χ1) is 8.18. The zero-order chi connectivity index (χ0) is 14.4. The third kappa shape index (κ3) is 6.04. The van der Waals surface area contributed by atoms with Crippen LogP contribution in [0.2, 0.25) is 0 Å². The van der Waals surface area contributed by atoms with Crippen molar-refractivity contribution in [2.75, 3.05) is 0 Å². The third-order valence-corrected chi connectivity index (χ3v) is 4.18. The third-order valence-electron chi connectivity index (χ3n) is 4.18. The zero-order valence-electron chi connectivity index (χ0n) is 13.4. The Labute approximate surface area is 115 Å². The minimum atomic E-state index is -0.202. The summed E-state index contributed by atoms with van der Waals surface area (Å²) in [6, 6.07) is 0. The minimum absolute atomic E-state index is 0.0346. The summed E-state index contributed by atoms with van der Waals surface area (Å²) in [4.78, 5) is 0. The molecule has 0 aromatic rings. The molecule has 108 valence electrons. The van der Waals surface area contributed by atoms with Crippen molar-refractivity contribution in [3.8, 4) is 0 Å². The van der Waals surface area contributed by atoms with Crippen LogP contribution in [0, 0.1) is 16.7 Å². The van der Waals surface area contributed by atoms with Gasteiger partial charge < -0.3 is 5.11 Å². The summed E-state index contributed by atoms with van der Waals surface area (Å²) in [5.41, 5.74) is 0.304. The van der Waals surface area contributed by atoms with Gasteiger partial charge in [-0.05, 0) is 42.4 Å². The molecule has 0 saturated carbocycles. The molecule has 0 heterocycles. The Morgan fingerprint density at radius 2 is 1.72 bits per heavy atom. The van der Waals surface area contributed by atoms with E-state index in [0.717, 1.165) is 32.1 Å². The van der Waals surface area contributed by atoms with Crippen molar-refractivity contribution in [1.82, 2.24) is 0 Å². The Hall–Kier alpha value is -0.300. The van der Waals surface area contributed by atoms with Crippen LogP contribution in [-0.2, 0) is 0 Å². The summed E-state index contributed by atoms with van der Waals surface area (Å²) in [5.74, 6) is 0.573. The molecule has 3 atom stereocenters. The molecule has 0 fully saturated rings. The van der Waals surface area contributed by atoms with Gasteiger partial charge in [-0.3, -0.25) is 0 Å². The van der Waals surface area contributed by atoms with Crippen molar-refractivity contribution in [1.29, 1.82) is 0 Å². The van der Waals surface area contributed by atoms with Crippen molar-refractivity contribution in [3.63, 3.8) is 0 Å². The molecule has 0 spiro atoms. The molecule has 0 amide bonds. The maximum atomic E-state index is 10.6. The van der Waals surface area contributed by atoms with Crippen LogP contribution in [0.15, 0.2) is 12.7 Å². The molecule has 3 unspecified atom stereocenters. The molecule has 0 aliphatic heterocycles. The van der Waals surface area contributed by atoms with Crippen LogP contribution < -0.4 is 0 Å². The average molecular weight is 254 g/mol. The van der Waals surface area contributed by atoms with E-state index in [2.05, 4.69) is 48.1 Å². The fourth-order valence-electron chi connectivity index (χ4n) is 2.96. The first kappa shape index (κ1) is 17.7. The van der Waals surface area contributed by atoms with Crippen molar-refractivity contribution >= 4 is 0 Å². The summed E-state index contributed by atoms with van der Waals surface area (Å²) < 4.78 is 0. The second kappa shape index (κ2) is 7.33. The Kier molecular flexibility index (Phi) is 7.21. The molecule has 0 bridgehead atoms. The van der Waals surface area contributed by atoms with Crippen LogP contribution in [0.5, 0.6) is 0 Å². The highest BCUT2D eigenvalue weighted by atomic mass is 16.3. The van der Waals surface area contributed by atoms with Crippen molar-refractivity contribution < 1.29 is 5.11 Å². The van der Waals surface area contributed by atoms with Gasteiger partial charge in [0.25, 0.3) is 0 Å². The molecule has 0 saturated heterocycles. The van der Waals surface area contributed by atoms with E-state index >= 15 is 0 Å². The van der Waals surface area contributed by atoms with Gasteiger partial charge in [0.1, 0.15) is 0 Å². The van der Waals surface area contributed by atoms with Crippen LogP contribution in [0.25, 0.3) is 0 Å². The highest BCUT2D eigenvalue weighted by molar-refractivity contribution is 4.87. The number of hydrogen-bond donors (Lipinski definition) is 1. The van der Waals surface area contributed by atoms with E-state index < -0.39 is 0 Å². The molecule has 1 N–H and O–H groups in total. The van der Waals surface area contributed by atoms with Gasteiger partial charge in [0.15, 0.2) is 0 Å². The first-order valence-electron chi connectivity index (χ1n) is 7.47.